The highest BCUT2D eigenvalue weighted by Crippen LogP contribution is 2.31. The van der Waals surface area contributed by atoms with Crippen molar-refractivity contribution in [2.45, 2.75) is 38.2 Å². The zero-order valence-corrected chi connectivity index (χ0v) is 15.2. The molecule has 1 fully saturated rings. The summed E-state index contributed by atoms with van der Waals surface area (Å²) in [4.78, 5) is 1.61. The van der Waals surface area contributed by atoms with E-state index in [0.29, 0.717) is 0 Å². The number of hydrogen-bond donors (Lipinski definition) is 2. The van der Waals surface area contributed by atoms with Crippen molar-refractivity contribution >= 4 is 0 Å². The first-order valence-electron chi connectivity index (χ1n) is 9.57. The predicted octanol–water partition coefficient (Wildman–Crippen LogP) is 2.97. The highest BCUT2D eigenvalue weighted by molar-refractivity contribution is 5.31. The van der Waals surface area contributed by atoms with Crippen LogP contribution in [0.25, 0.3) is 0 Å². The van der Waals surface area contributed by atoms with Crippen molar-refractivity contribution in [3.8, 4) is 5.75 Å². The molecule has 2 atom stereocenters. The summed E-state index contributed by atoms with van der Waals surface area (Å²) >= 11 is 0. The molecule has 134 valence electrons. The molecular weight excluding hydrogens is 310 g/mol. The lowest BCUT2D eigenvalue weighted by Gasteiger charge is -2.26. The molecule has 0 aromatic heterocycles. The zero-order valence-electron chi connectivity index (χ0n) is 15.2. The second-order valence-electron chi connectivity index (χ2n) is 7.04. The second-order valence-corrected chi connectivity index (χ2v) is 7.04. The van der Waals surface area contributed by atoms with E-state index < -0.39 is 6.10 Å². The summed E-state index contributed by atoms with van der Waals surface area (Å²) in [6, 6.07) is 18.4. The molecule has 0 radical (unpaired) electrons. The molecule has 0 saturated carbocycles. The van der Waals surface area contributed by atoms with E-state index in [1.54, 1.807) is 4.90 Å². The Labute approximate surface area is 151 Å². The Morgan fingerprint density at radius 2 is 1.64 bits per heavy atom. The largest absolute Gasteiger partial charge is 0.494 e. The first-order valence-corrected chi connectivity index (χ1v) is 9.57. The highest BCUT2D eigenvalue weighted by atomic mass is 16.5. The quantitative estimate of drug-likeness (QED) is 0.775. The van der Waals surface area contributed by atoms with Gasteiger partial charge in [-0.25, -0.2) is 0 Å². The van der Waals surface area contributed by atoms with E-state index in [1.807, 2.05) is 30.3 Å². The lowest BCUT2D eigenvalue weighted by molar-refractivity contribution is -0.889. The molecule has 3 rings (SSSR count). The molecule has 3 nitrogen and oxygen atoms in total. The number of likely N-dealkylation sites (tertiary alicyclic amines) is 1. The van der Waals surface area contributed by atoms with Crippen molar-refractivity contribution in [2.24, 2.45) is 0 Å². The maximum Gasteiger partial charge on any atom is 0.119 e. The van der Waals surface area contributed by atoms with Crippen LogP contribution < -0.4 is 9.64 Å². The van der Waals surface area contributed by atoms with E-state index in [4.69, 9.17) is 4.74 Å². The van der Waals surface area contributed by atoms with Gasteiger partial charge in [0.25, 0.3) is 0 Å². The van der Waals surface area contributed by atoms with Gasteiger partial charge in [0.1, 0.15) is 5.75 Å². The van der Waals surface area contributed by atoms with Gasteiger partial charge in [-0.1, -0.05) is 49.4 Å². The van der Waals surface area contributed by atoms with E-state index in [2.05, 4.69) is 31.2 Å². The summed E-state index contributed by atoms with van der Waals surface area (Å²) in [5.41, 5.74) is 2.19. The minimum Gasteiger partial charge on any atom is -0.494 e. The minimum atomic E-state index is -0.490. The molecule has 0 amide bonds. The van der Waals surface area contributed by atoms with Crippen molar-refractivity contribution in [2.75, 3.05) is 26.2 Å². The molecular formula is C22H30NO2+. The van der Waals surface area contributed by atoms with E-state index in [-0.39, 0.29) is 5.92 Å². The molecule has 0 aliphatic carbocycles. The fourth-order valence-electron chi connectivity index (χ4n) is 3.72. The Morgan fingerprint density at radius 3 is 2.28 bits per heavy atom. The molecule has 0 spiro atoms. The highest BCUT2D eigenvalue weighted by Gasteiger charge is 2.28. The van der Waals surface area contributed by atoms with Gasteiger partial charge in [0.15, 0.2) is 0 Å². The van der Waals surface area contributed by atoms with E-state index in [9.17, 15) is 5.11 Å². The van der Waals surface area contributed by atoms with Crippen LogP contribution in [0.1, 0.15) is 49.3 Å². The Bertz CT molecular complexity index is 620. The number of ether oxygens (including phenoxy) is 1. The topological polar surface area (TPSA) is 33.9 Å². The van der Waals surface area contributed by atoms with E-state index in [1.165, 1.54) is 31.5 Å². The van der Waals surface area contributed by atoms with Gasteiger partial charge < -0.3 is 14.7 Å². The molecule has 2 aromatic carbocycles. The lowest BCUT2D eigenvalue weighted by Crippen LogP contribution is -3.10. The fourth-order valence-corrected chi connectivity index (χ4v) is 3.72. The smallest absolute Gasteiger partial charge is 0.119 e. The molecule has 25 heavy (non-hydrogen) atoms. The Morgan fingerprint density at radius 1 is 0.960 bits per heavy atom. The van der Waals surface area contributed by atoms with Crippen LogP contribution in [-0.2, 0) is 0 Å². The molecule has 1 heterocycles. The predicted molar refractivity (Wildman–Crippen MR) is 101 cm³/mol. The fraction of sp³-hybridized carbons (Fsp3) is 0.455. The van der Waals surface area contributed by atoms with Crippen molar-refractivity contribution < 1.29 is 14.7 Å². The van der Waals surface area contributed by atoms with Crippen LogP contribution in [0.4, 0.5) is 0 Å². The summed E-state index contributed by atoms with van der Waals surface area (Å²) in [5, 5.41) is 11.1. The van der Waals surface area contributed by atoms with Crippen LogP contribution in [0, 0.1) is 0 Å². The average molecular weight is 340 g/mol. The van der Waals surface area contributed by atoms with Gasteiger partial charge in [-0.2, -0.15) is 0 Å². The Kier molecular flexibility index (Phi) is 6.48. The number of hydrogen-bond acceptors (Lipinski definition) is 2. The van der Waals surface area contributed by atoms with Gasteiger partial charge in [-0.05, 0) is 29.7 Å². The summed E-state index contributed by atoms with van der Waals surface area (Å²) in [6.07, 6.45) is 3.11. The van der Waals surface area contributed by atoms with Gasteiger partial charge in [0.2, 0.25) is 0 Å². The monoisotopic (exact) mass is 340 g/mol. The van der Waals surface area contributed by atoms with Crippen molar-refractivity contribution in [1.82, 2.24) is 0 Å². The van der Waals surface area contributed by atoms with Gasteiger partial charge in [0.05, 0.1) is 38.3 Å². The first-order chi connectivity index (χ1) is 12.3. The third kappa shape index (κ3) is 4.83. The number of aliphatic hydroxyl groups is 1. The number of aliphatic hydroxyl groups excluding tert-OH is 1. The molecule has 2 N–H and O–H groups in total. The molecule has 2 aromatic rings. The summed E-state index contributed by atoms with van der Waals surface area (Å²) < 4.78 is 5.66. The molecule has 3 heteroatoms. The molecule has 1 saturated heterocycles. The lowest BCUT2D eigenvalue weighted by atomic mass is 9.88. The second kappa shape index (κ2) is 9.02. The van der Waals surface area contributed by atoms with Gasteiger partial charge in [-0.15, -0.1) is 0 Å². The summed E-state index contributed by atoms with van der Waals surface area (Å²) in [6.45, 7) is 6.26. The van der Waals surface area contributed by atoms with Crippen LogP contribution in [0.5, 0.6) is 5.75 Å². The zero-order chi connectivity index (χ0) is 17.5. The number of rotatable bonds is 8. The maximum atomic E-state index is 11.1. The third-order valence-corrected chi connectivity index (χ3v) is 5.12. The normalized spacial score (nSPS) is 17.4. The average Bonchev–Trinajstić information content (AvgIpc) is 3.18. The molecule has 1 aliphatic rings. The van der Waals surface area contributed by atoms with E-state index in [0.717, 1.165) is 30.9 Å². The van der Waals surface area contributed by atoms with Crippen LogP contribution in [0.15, 0.2) is 54.6 Å². The molecule has 1 aliphatic heterocycles. The van der Waals surface area contributed by atoms with Crippen molar-refractivity contribution in [3.63, 3.8) is 0 Å². The van der Waals surface area contributed by atoms with Crippen LogP contribution in [0.3, 0.4) is 0 Å². The van der Waals surface area contributed by atoms with Crippen LogP contribution >= 0.6 is 0 Å². The van der Waals surface area contributed by atoms with Gasteiger partial charge in [0, 0.05) is 12.8 Å². The number of quaternary nitrogens is 1. The van der Waals surface area contributed by atoms with Crippen molar-refractivity contribution in [3.05, 3.63) is 65.7 Å². The third-order valence-electron chi connectivity index (χ3n) is 5.12. The van der Waals surface area contributed by atoms with Crippen LogP contribution in [-0.4, -0.2) is 31.3 Å². The van der Waals surface area contributed by atoms with E-state index >= 15 is 0 Å². The summed E-state index contributed by atoms with van der Waals surface area (Å²) in [7, 11) is 0. The Balaban J connectivity index is 1.76. The van der Waals surface area contributed by atoms with Gasteiger partial charge >= 0.3 is 0 Å². The standard InChI is InChI=1S/C22H29NO2/c1-2-16-25-20-12-10-19(11-13-20)22(24)21(17-23-14-6-7-15-23)18-8-4-3-5-9-18/h3-5,8-13,21-22,24H,2,6-7,14-17H2,1H3/p+1/t21-,22-/m1/s1. The Hall–Kier alpha value is -1.84. The minimum absolute atomic E-state index is 0.122. The summed E-state index contributed by atoms with van der Waals surface area (Å²) in [5.74, 6) is 0.996. The SMILES string of the molecule is CCCOc1ccc([C@@H](O)[C@H](C[NH+]2CCCC2)c2ccccc2)cc1. The maximum absolute atomic E-state index is 11.1. The molecule has 0 bridgehead atoms. The van der Waals surface area contributed by atoms with Crippen LogP contribution in [0.2, 0.25) is 0 Å². The number of nitrogens with one attached hydrogen (secondary N) is 1. The van der Waals surface area contributed by atoms with Gasteiger partial charge in [-0.3, -0.25) is 0 Å². The van der Waals surface area contributed by atoms with Crippen molar-refractivity contribution in [1.29, 1.82) is 0 Å². The first kappa shape index (κ1) is 18.0. The number of benzene rings is 2. The molecule has 0 unspecified atom stereocenters.